The maximum atomic E-state index is 12.5. The molecular weight excluding hydrogens is 242 g/mol. The Labute approximate surface area is 82.7 Å². The zero-order chi connectivity index (χ0) is 9.47. The highest BCUT2D eigenvalue weighted by molar-refractivity contribution is 9.10. The molecule has 0 saturated carbocycles. The minimum Gasteiger partial charge on any atom is -0.344 e. The van der Waals surface area contributed by atoms with Crippen LogP contribution in [0, 0.1) is 0 Å². The summed E-state index contributed by atoms with van der Waals surface area (Å²) in [7, 11) is 0. The second kappa shape index (κ2) is 2.90. The van der Waals surface area contributed by atoms with E-state index in [-0.39, 0.29) is 13.1 Å². The van der Waals surface area contributed by atoms with Crippen molar-refractivity contribution in [2.75, 3.05) is 18.0 Å². The average Bonchev–Trinajstić information content (AvgIpc) is 2.00. The third-order valence-corrected chi connectivity index (χ3v) is 2.37. The topological polar surface area (TPSA) is 16.1 Å². The van der Waals surface area contributed by atoms with E-state index < -0.39 is 5.92 Å². The number of anilines is 1. The molecule has 0 N–H and O–H groups in total. The molecule has 0 bridgehead atoms. The summed E-state index contributed by atoms with van der Waals surface area (Å²) in [6.07, 6.45) is 1.59. The first kappa shape index (κ1) is 8.87. The summed E-state index contributed by atoms with van der Waals surface area (Å²) in [6, 6.07) is 3.50. The summed E-state index contributed by atoms with van der Waals surface area (Å²) in [4.78, 5) is 5.54. The fourth-order valence-electron chi connectivity index (χ4n) is 1.24. The van der Waals surface area contributed by atoms with Crippen molar-refractivity contribution in [2.24, 2.45) is 0 Å². The van der Waals surface area contributed by atoms with Crippen LogP contribution in [-0.2, 0) is 0 Å². The maximum Gasteiger partial charge on any atom is 0.282 e. The summed E-state index contributed by atoms with van der Waals surface area (Å²) in [5.74, 6) is -1.94. The standard InChI is InChI=1S/C8H7BrF2N2/c9-6-1-2-12-7(3-6)13-4-8(10,11)5-13/h1-3H,4-5H2. The van der Waals surface area contributed by atoms with Gasteiger partial charge in [-0.2, -0.15) is 0 Å². The molecular formula is C8H7BrF2N2. The Morgan fingerprint density at radius 2 is 2.15 bits per heavy atom. The maximum absolute atomic E-state index is 12.5. The van der Waals surface area contributed by atoms with Crippen molar-refractivity contribution < 1.29 is 8.78 Å². The monoisotopic (exact) mass is 248 g/mol. The van der Waals surface area contributed by atoms with Crippen LogP contribution in [0.3, 0.4) is 0 Å². The van der Waals surface area contributed by atoms with Gasteiger partial charge in [0.1, 0.15) is 5.82 Å². The van der Waals surface area contributed by atoms with Crippen molar-refractivity contribution in [3.63, 3.8) is 0 Å². The van der Waals surface area contributed by atoms with Gasteiger partial charge in [-0.1, -0.05) is 15.9 Å². The Morgan fingerprint density at radius 3 is 2.69 bits per heavy atom. The third kappa shape index (κ3) is 1.80. The summed E-state index contributed by atoms with van der Waals surface area (Å²) >= 11 is 3.26. The largest absolute Gasteiger partial charge is 0.344 e. The van der Waals surface area contributed by atoms with Crippen molar-refractivity contribution in [2.45, 2.75) is 5.92 Å². The molecule has 1 aromatic heterocycles. The van der Waals surface area contributed by atoms with Crippen LogP contribution < -0.4 is 4.90 Å². The first-order chi connectivity index (χ1) is 6.07. The molecule has 70 valence electrons. The molecule has 1 saturated heterocycles. The zero-order valence-corrected chi connectivity index (χ0v) is 8.26. The van der Waals surface area contributed by atoms with Crippen molar-refractivity contribution in [1.82, 2.24) is 4.98 Å². The number of pyridine rings is 1. The molecule has 2 rings (SSSR count). The van der Waals surface area contributed by atoms with Gasteiger partial charge in [-0.15, -0.1) is 0 Å². The molecule has 2 nitrogen and oxygen atoms in total. The smallest absolute Gasteiger partial charge is 0.282 e. The highest BCUT2D eigenvalue weighted by Gasteiger charge is 2.44. The van der Waals surface area contributed by atoms with Gasteiger partial charge in [0.15, 0.2) is 0 Å². The van der Waals surface area contributed by atoms with Gasteiger partial charge in [-0.05, 0) is 12.1 Å². The molecule has 1 aliphatic heterocycles. The van der Waals surface area contributed by atoms with Gasteiger partial charge in [-0.3, -0.25) is 0 Å². The van der Waals surface area contributed by atoms with E-state index >= 15 is 0 Å². The first-order valence-corrected chi connectivity index (χ1v) is 4.60. The molecule has 0 unspecified atom stereocenters. The number of hydrogen-bond donors (Lipinski definition) is 0. The lowest BCUT2D eigenvalue weighted by Crippen LogP contribution is -2.56. The Balaban J connectivity index is 2.11. The summed E-state index contributed by atoms with van der Waals surface area (Å²) in [5.41, 5.74) is 0. The van der Waals surface area contributed by atoms with Crippen LogP contribution in [0.1, 0.15) is 0 Å². The van der Waals surface area contributed by atoms with Crippen molar-refractivity contribution in [1.29, 1.82) is 0 Å². The molecule has 0 spiro atoms. The molecule has 0 aliphatic carbocycles. The Hall–Kier alpha value is -0.710. The van der Waals surface area contributed by atoms with Gasteiger partial charge in [0.05, 0.1) is 13.1 Å². The summed E-state index contributed by atoms with van der Waals surface area (Å²) in [6.45, 7) is -0.451. The van der Waals surface area contributed by atoms with Gasteiger partial charge < -0.3 is 4.90 Å². The van der Waals surface area contributed by atoms with E-state index in [0.717, 1.165) is 4.47 Å². The predicted molar refractivity (Wildman–Crippen MR) is 49.1 cm³/mol. The van der Waals surface area contributed by atoms with E-state index in [1.54, 1.807) is 23.2 Å². The minimum absolute atomic E-state index is 0.226. The van der Waals surface area contributed by atoms with Gasteiger partial charge in [0, 0.05) is 10.7 Å². The molecule has 2 heterocycles. The average molecular weight is 249 g/mol. The van der Waals surface area contributed by atoms with Crippen LogP contribution in [0.4, 0.5) is 14.6 Å². The molecule has 0 aromatic carbocycles. The minimum atomic E-state index is -2.54. The Bertz CT molecular complexity index is 322. The number of alkyl halides is 2. The third-order valence-electron chi connectivity index (χ3n) is 1.88. The fraction of sp³-hybridized carbons (Fsp3) is 0.375. The number of aromatic nitrogens is 1. The van der Waals surface area contributed by atoms with Crippen LogP contribution in [0.2, 0.25) is 0 Å². The van der Waals surface area contributed by atoms with E-state index in [1.807, 2.05) is 0 Å². The van der Waals surface area contributed by atoms with Crippen LogP contribution in [0.25, 0.3) is 0 Å². The van der Waals surface area contributed by atoms with E-state index in [9.17, 15) is 8.78 Å². The molecule has 1 fully saturated rings. The number of rotatable bonds is 1. The van der Waals surface area contributed by atoms with Crippen LogP contribution >= 0.6 is 15.9 Å². The normalized spacial score (nSPS) is 19.8. The first-order valence-electron chi connectivity index (χ1n) is 3.81. The molecule has 1 aromatic rings. The number of hydrogen-bond acceptors (Lipinski definition) is 2. The fourth-order valence-corrected chi connectivity index (χ4v) is 1.56. The van der Waals surface area contributed by atoms with Crippen LogP contribution in [-0.4, -0.2) is 24.0 Å². The van der Waals surface area contributed by atoms with Crippen LogP contribution in [0.15, 0.2) is 22.8 Å². The van der Waals surface area contributed by atoms with Gasteiger partial charge in [-0.25, -0.2) is 13.8 Å². The lowest BCUT2D eigenvalue weighted by molar-refractivity contribution is -0.0267. The second-order valence-corrected chi connectivity index (χ2v) is 3.96. The number of nitrogens with zero attached hydrogens (tertiary/aromatic N) is 2. The Morgan fingerprint density at radius 1 is 1.46 bits per heavy atom. The highest BCUT2D eigenvalue weighted by atomic mass is 79.9. The van der Waals surface area contributed by atoms with Crippen molar-refractivity contribution in [3.05, 3.63) is 22.8 Å². The van der Waals surface area contributed by atoms with E-state index in [1.165, 1.54) is 0 Å². The quantitative estimate of drug-likeness (QED) is 0.759. The lowest BCUT2D eigenvalue weighted by Gasteiger charge is -2.39. The SMILES string of the molecule is FC1(F)CN(c2cc(Br)ccn2)C1. The zero-order valence-electron chi connectivity index (χ0n) is 6.67. The Kier molecular flexibility index (Phi) is 1.98. The van der Waals surface area contributed by atoms with Crippen LogP contribution in [0.5, 0.6) is 0 Å². The number of halogens is 3. The molecule has 1 aliphatic rings. The van der Waals surface area contributed by atoms with Gasteiger partial charge in [0.25, 0.3) is 5.92 Å². The van der Waals surface area contributed by atoms with Crippen molar-refractivity contribution >= 4 is 21.7 Å². The second-order valence-electron chi connectivity index (χ2n) is 3.04. The van der Waals surface area contributed by atoms with Gasteiger partial charge >= 0.3 is 0 Å². The molecule has 0 radical (unpaired) electrons. The molecule has 13 heavy (non-hydrogen) atoms. The highest BCUT2D eigenvalue weighted by Crippen LogP contribution is 2.31. The molecule has 0 atom stereocenters. The predicted octanol–water partition coefficient (Wildman–Crippen LogP) is 2.30. The van der Waals surface area contributed by atoms with Crippen molar-refractivity contribution in [3.8, 4) is 0 Å². The van der Waals surface area contributed by atoms with Gasteiger partial charge in [0.2, 0.25) is 0 Å². The molecule has 5 heteroatoms. The van der Waals surface area contributed by atoms with E-state index in [0.29, 0.717) is 5.82 Å². The molecule has 0 amide bonds. The van der Waals surface area contributed by atoms with E-state index in [2.05, 4.69) is 20.9 Å². The lowest BCUT2D eigenvalue weighted by atomic mass is 10.1. The summed E-state index contributed by atoms with van der Waals surface area (Å²) < 4.78 is 25.8. The summed E-state index contributed by atoms with van der Waals surface area (Å²) in [5, 5.41) is 0. The van der Waals surface area contributed by atoms with E-state index in [4.69, 9.17) is 0 Å².